The van der Waals surface area contributed by atoms with Gasteiger partial charge in [0.15, 0.2) is 5.41 Å². The Kier molecular flexibility index (Phi) is 16.4. The molecule has 1 unspecified atom stereocenters. The average Bonchev–Trinajstić information content (AvgIpc) is 3.60. The minimum Gasteiger partial charge on any atom is -0.480 e. The number of aliphatic imine (C=N–C) groups is 1. The van der Waals surface area contributed by atoms with Crippen molar-refractivity contribution in [3.05, 3.63) is 107 Å². The van der Waals surface area contributed by atoms with Crippen LogP contribution >= 0.6 is 0 Å². The first-order valence-corrected chi connectivity index (χ1v) is 22.8. The van der Waals surface area contributed by atoms with Crippen molar-refractivity contribution >= 4 is 29.0 Å². The van der Waals surface area contributed by atoms with Gasteiger partial charge in [-0.3, -0.25) is 14.6 Å². The van der Waals surface area contributed by atoms with Gasteiger partial charge in [-0.2, -0.15) is 0 Å². The van der Waals surface area contributed by atoms with Crippen LogP contribution in [0.25, 0.3) is 0 Å². The number of carboxylic acids is 1. The second-order valence-corrected chi connectivity index (χ2v) is 18.2. The number of fused-ring (bicyclic) bond motifs is 2. The topological polar surface area (TPSA) is 82.0 Å². The van der Waals surface area contributed by atoms with Gasteiger partial charge >= 0.3 is 5.97 Å². The van der Waals surface area contributed by atoms with Gasteiger partial charge in [0.1, 0.15) is 0 Å². The number of likely N-dealkylation sites (N-methyl/N-ethyl adjacent to an activating group) is 1. The molecule has 1 atom stereocenters. The van der Waals surface area contributed by atoms with Crippen molar-refractivity contribution in [1.82, 2.24) is 5.32 Å². The van der Waals surface area contributed by atoms with Gasteiger partial charge in [0, 0.05) is 35.3 Å². The number of nitrogens with one attached hydrogen (secondary N) is 1. The van der Waals surface area contributed by atoms with Crippen molar-refractivity contribution in [2.75, 3.05) is 18.0 Å². The molecule has 0 fully saturated rings. The van der Waals surface area contributed by atoms with E-state index in [0.717, 1.165) is 54.0 Å². The molecule has 6 heteroatoms. The van der Waals surface area contributed by atoms with Crippen LogP contribution < -0.4 is 10.2 Å². The predicted octanol–water partition coefficient (Wildman–Crippen LogP) is 13.4. The van der Waals surface area contributed by atoms with E-state index >= 15 is 0 Å². The third-order valence-electron chi connectivity index (χ3n) is 13.0. The number of aliphatic carboxylic acids is 1. The number of para-hydroxylation sites is 2. The molecular formula is C52H73N3O3. The molecule has 0 bridgehead atoms. The van der Waals surface area contributed by atoms with Crippen molar-refractivity contribution in [2.45, 2.75) is 168 Å². The Morgan fingerprint density at radius 1 is 0.707 bits per heavy atom. The Hall–Kier alpha value is -4.19. The number of hydrogen-bond donors (Lipinski definition) is 2. The fourth-order valence-electron chi connectivity index (χ4n) is 9.37. The van der Waals surface area contributed by atoms with E-state index in [1.807, 2.05) is 36.4 Å². The van der Waals surface area contributed by atoms with E-state index < -0.39 is 17.3 Å². The number of allylic oxidation sites excluding steroid dienone is 8. The van der Waals surface area contributed by atoms with Crippen LogP contribution in [0.1, 0.15) is 168 Å². The molecule has 2 heterocycles. The summed E-state index contributed by atoms with van der Waals surface area (Å²) in [6.45, 7) is 14.6. The van der Waals surface area contributed by atoms with E-state index in [2.05, 4.69) is 94.2 Å². The number of nitrogens with zero attached hydrogens (tertiary/aromatic N) is 2. The number of rotatable bonds is 23. The molecule has 2 aromatic carbocycles. The molecule has 0 saturated carbocycles. The summed E-state index contributed by atoms with van der Waals surface area (Å²) in [4.78, 5) is 34.7. The smallest absolute Gasteiger partial charge is 0.319 e. The number of unbranched alkanes of at least 4 members (excludes halogenated alkanes) is 15. The van der Waals surface area contributed by atoms with Crippen LogP contribution in [-0.4, -0.2) is 35.8 Å². The number of carbonyl (C=O) groups is 2. The number of carbonyl (C=O) groups excluding carboxylic acids is 1. The first kappa shape index (κ1) is 44.9. The van der Waals surface area contributed by atoms with Crippen LogP contribution in [-0.2, 0) is 20.4 Å². The van der Waals surface area contributed by atoms with Gasteiger partial charge in [0.25, 0.3) is 0 Å². The first-order chi connectivity index (χ1) is 28.0. The van der Waals surface area contributed by atoms with E-state index in [0.29, 0.717) is 6.54 Å². The maximum absolute atomic E-state index is 14.1. The highest BCUT2D eigenvalue weighted by Crippen LogP contribution is 2.48. The molecule has 5 rings (SSSR count). The lowest BCUT2D eigenvalue weighted by Crippen LogP contribution is -2.48. The largest absolute Gasteiger partial charge is 0.480 e. The van der Waals surface area contributed by atoms with Crippen LogP contribution in [0.4, 0.5) is 11.4 Å². The maximum atomic E-state index is 14.1. The van der Waals surface area contributed by atoms with Gasteiger partial charge in [-0.15, -0.1) is 0 Å². The molecule has 2 N–H and O–H groups in total. The Morgan fingerprint density at radius 2 is 1.28 bits per heavy atom. The minimum atomic E-state index is -1.61. The third-order valence-corrected chi connectivity index (χ3v) is 13.0. The molecule has 2 aliphatic heterocycles. The van der Waals surface area contributed by atoms with Crippen molar-refractivity contribution < 1.29 is 14.7 Å². The first-order valence-electron chi connectivity index (χ1n) is 22.8. The highest BCUT2D eigenvalue weighted by molar-refractivity contribution is 6.08. The lowest BCUT2D eigenvalue weighted by atomic mass is 9.71. The molecule has 3 aliphatic rings. The lowest BCUT2D eigenvalue weighted by molar-refractivity contribution is -0.156. The lowest BCUT2D eigenvalue weighted by Gasteiger charge is -2.33. The maximum Gasteiger partial charge on any atom is 0.319 e. The van der Waals surface area contributed by atoms with E-state index in [-0.39, 0.29) is 23.7 Å². The van der Waals surface area contributed by atoms with E-state index in [1.165, 1.54) is 100 Å². The Labute approximate surface area is 351 Å². The van der Waals surface area contributed by atoms with Gasteiger partial charge in [-0.25, -0.2) is 0 Å². The molecule has 1 aliphatic carbocycles. The quantitative estimate of drug-likeness (QED) is 0.0868. The molecular weight excluding hydrogens is 715 g/mol. The third kappa shape index (κ3) is 10.9. The summed E-state index contributed by atoms with van der Waals surface area (Å²) >= 11 is 0. The fourth-order valence-corrected chi connectivity index (χ4v) is 9.37. The fraction of sp³-hybridized carbons (Fsp3) is 0.558. The van der Waals surface area contributed by atoms with E-state index in [9.17, 15) is 14.7 Å². The predicted molar refractivity (Wildman–Crippen MR) is 244 cm³/mol. The SMILES string of the molecule is CCCCCCCCCCCCCCCCCCNC(=O)C1(C(=O)O)CC(/C=C/C2=Nc3ccccc3C2(C)C)=CC(=C/C=C2/N(CC)c3ccccc3C2(C)C)/C1. The van der Waals surface area contributed by atoms with Gasteiger partial charge in [0.05, 0.1) is 11.4 Å². The number of anilines is 1. The van der Waals surface area contributed by atoms with Crippen LogP contribution in [0.2, 0.25) is 0 Å². The number of hydrogen-bond acceptors (Lipinski definition) is 4. The highest BCUT2D eigenvalue weighted by Gasteiger charge is 2.48. The van der Waals surface area contributed by atoms with Crippen LogP contribution in [0, 0.1) is 5.41 Å². The number of carboxylic acid groups (broad SMARTS) is 1. The molecule has 0 saturated heterocycles. The second kappa shape index (κ2) is 21.2. The summed E-state index contributed by atoms with van der Waals surface area (Å²) in [5.41, 5.74) is 6.23. The molecule has 6 nitrogen and oxygen atoms in total. The number of amides is 1. The molecule has 0 radical (unpaired) electrons. The molecule has 1 amide bonds. The van der Waals surface area contributed by atoms with Crippen molar-refractivity contribution in [2.24, 2.45) is 10.4 Å². The van der Waals surface area contributed by atoms with Gasteiger partial charge in [0.2, 0.25) is 5.91 Å². The number of benzene rings is 2. The molecule has 2 aromatic rings. The zero-order chi connectivity index (χ0) is 41.6. The normalized spacial score (nSPS) is 20.7. The second-order valence-electron chi connectivity index (χ2n) is 18.2. The van der Waals surface area contributed by atoms with E-state index in [4.69, 9.17) is 4.99 Å². The van der Waals surface area contributed by atoms with Crippen molar-refractivity contribution in [1.29, 1.82) is 0 Å². The zero-order valence-corrected chi connectivity index (χ0v) is 36.8. The molecule has 314 valence electrons. The summed E-state index contributed by atoms with van der Waals surface area (Å²) < 4.78 is 0. The average molecular weight is 788 g/mol. The van der Waals surface area contributed by atoms with Crippen LogP contribution in [0.5, 0.6) is 0 Å². The standard InChI is InChI=1S/C52H73N3O3/c1-7-9-10-11-12-13-14-15-16-17-18-19-20-21-22-27-36-53-48(56)52(49(57)58)38-40(32-34-46-50(3,4)42-28-23-25-30-44(42)54-46)37-41(39-52)33-35-47-51(5,6)43-29-24-26-31-45(43)55(47)8-2/h23-26,28-35,37H,7-22,27,36,38-39H2,1-6H3,(H,53,56)(H,57,58)/b34-32+,41-33-,47-35+. The Balaban J connectivity index is 1.22. The molecule has 0 aromatic heterocycles. The van der Waals surface area contributed by atoms with Gasteiger partial charge < -0.3 is 15.3 Å². The highest BCUT2D eigenvalue weighted by atomic mass is 16.4. The zero-order valence-electron chi connectivity index (χ0n) is 36.8. The van der Waals surface area contributed by atoms with Crippen LogP contribution in [0.15, 0.2) is 101 Å². The summed E-state index contributed by atoms with van der Waals surface area (Å²) in [6.07, 6.45) is 31.2. The summed E-state index contributed by atoms with van der Waals surface area (Å²) in [6, 6.07) is 16.7. The van der Waals surface area contributed by atoms with Crippen molar-refractivity contribution in [3.63, 3.8) is 0 Å². The minimum absolute atomic E-state index is 0.121. The van der Waals surface area contributed by atoms with Gasteiger partial charge in [-0.1, -0.05) is 186 Å². The Morgan fingerprint density at radius 3 is 1.86 bits per heavy atom. The molecule has 0 spiro atoms. The Bertz CT molecular complexity index is 1860. The summed E-state index contributed by atoms with van der Waals surface area (Å²) in [5.74, 6) is -1.47. The van der Waals surface area contributed by atoms with E-state index in [1.54, 1.807) is 0 Å². The monoisotopic (exact) mass is 788 g/mol. The summed E-state index contributed by atoms with van der Waals surface area (Å²) in [7, 11) is 0. The van der Waals surface area contributed by atoms with Gasteiger partial charge in [-0.05, 0) is 72.7 Å². The summed E-state index contributed by atoms with van der Waals surface area (Å²) in [5, 5.41) is 14.0. The molecule has 58 heavy (non-hydrogen) atoms. The van der Waals surface area contributed by atoms with Crippen LogP contribution in [0.3, 0.4) is 0 Å². The van der Waals surface area contributed by atoms with Crippen molar-refractivity contribution in [3.8, 4) is 0 Å².